The highest BCUT2D eigenvalue weighted by Gasteiger charge is 2.58. The topological polar surface area (TPSA) is 178 Å². The quantitative estimate of drug-likeness (QED) is 0.160. The van der Waals surface area contributed by atoms with E-state index in [2.05, 4.69) is 68.1 Å². The van der Waals surface area contributed by atoms with E-state index in [-0.39, 0.29) is 25.4 Å². The smallest absolute Gasteiger partial charge is 0.398 e. The predicted octanol–water partition coefficient (Wildman–Crippen LogP) is 6.32. The fourth-order valence-electron chi connectivity index (χ4n) is 11.7. The third-order valence-corrected chi connectivity index (χ3v) is 17.2. The number of ether oxygens (including phenoxy) is 5. The van der Waals surface area contributed by atoms with Gasteiger partial charge in [0.05, 0.1) is 73.6 Å². The van der Waals surface area contributed by atoms with Crippen molar-refractivity contribution in [3.8, 4) is 22.5 Å². The monoisotopic (exact) mass is 1070 g/mol. The Hall–Kier alpha value is -4.91. The van der Waals surface area contributed by atoms with Crippen LogP contribution in [0.3, 0.4) is 0 Å². The summed E-state index contributed by atoms with van der Waals surface area (Å²) in [5.41, 5.74) is 9.86. The van der Waals surface area contributed by atoms with Crippen LogP contribution < -0.4 is 15.6 Å². The number of carbonyl (C=O) groups excluding carboxylic acids is 3. The van der Waals surface area contributed by atoms with Crippen molar-refractivity contribution < 1.29 is 51.7 Å². The van der Waals surface area contributed by atoms with Gasteiger partial charge in [-0.2, -0.15) is 18.7 Å². The molecule has 412 valence electrons. The second-order valence-electron chi connectivity index (χ2n) is 22.2. The van der Waals surface area contributed by atoms with E-state index in [0.717, 1.165) is 83.7 Å². The second-order valence-corrected chi connectivity index (χ2v) is 23.1. The van der Waals surface area contributed by atoms with Gasteiger partial charge in [-0.3, -0.25) is 29.4 Å². The summed E-state index contributed by atoms with van der Waals surface area (Å²) < 4.78 is 61.5. The Balaban J connectivity index is 1.06. The van der Waals surface area contributed by atoms with Gasteiger partial charge in [0, 0.05) is 112 Å². The zero-order valence-corrected chi connectivity index (χ0v) is 45.1. The first kappa shape index (κ1) is 53.1. The van der Waals surface area contributed by atoms with Crippen LogP contribution in [0.2, 0.25) is 0 Å². The lowest BCUT2D eigenvalue weighted by atomic mass is 9.84. The predicted molar refractivity (Wildman–Crippen MR) is 279 cm³/mol. The van der Waals surface area contributed by atoms with Crippen LogP contribution in [0.5, 0.6) is 0 Å². The summed E-state index contributed by atoms with van der Waals surface area (Å²) in [7, 11) is 1.71. The van der Waals surface area contributed by atoms with Gasteiger partial charge in [0.2, 0.25) is 0 Å². The third-order valence-electron chi connectivity index (χ3n) is 16.3. The number of halogens is 2. The number of urea groups is 1. The maximum Gasteiger partial charge on any atom is 0.398 e. The number of aromatic nitrogens is 3. The van der Waals surface area contributed by atoms with Crippen LogP contribution in [-0.2, 0) is 51.1 Å². The number of pyridine rings is 1. The van der Waals surface area contributed by atoms with Gasteiger partial charge in [-0.05, 0) is 82.6 Å². The minimum atomic E-state index is -3.55. The first-order chi connectivity index (χ1) is 36.7. The molecular weight excluding hydrogens is 1000 g/mol. The van der Waals surface area contributed by atoms with Crippen LogP contribution in [0.25, 0.3) is 33.4 Å². The standard InChI is InChI=1S/C54H72F2N10O9S/c1-33(70-5)45-40(28-37(30-57-45)62-17-15-61(16-18-62)36-9-10-36)47-41-29-53(3,4)32-74-51(68)42-7-6-14-65(60-42)50(67)46(59-52(69)66-34(2)54(55,56)75-66)48(63-19-24-72-25-20-63)49-58-43(31-76-49)35-8-11-44(39(41)27-35)64(47)21-26-73-38-12-22-71-23-13-38/h8,11,27-28,30-31,33-34,36,38,42,46,48,60H,6-7,9-10,12-26,29,32H2,1-5H3,(H,59,69)/t33-,34+,42-,46-,48-/m0/s1. The summed E-state index contributed by atoms with van der Waals surface area (Å²) in [4.78, 5) is 65.6. The number of hydroxylamine groups is 2. The Morgan fingerprint density at radius 1 is 0.974 bits per heavy atom. The Bertz CT molecular complexity index is 2750. The fourth-order valence-corrected chi connectivity index (χ4v) is 12.7. The van der Waals surface area contributed by atoms with Crippen LogP contribution >= 0.6 is 11.3 Å². The van der Waals surface area contributed by atoms with Gasteiger partial charge in [0.25, 0.3) is 5.91 Å². The van der Waals surface area contributed by atoms with Crippen LogP contribution in [-0.4, -0.2) is 181 Å². The van der Waals surface area contributed by atoms with Crippen molar-refractivity contribution in [2.45, 2.75) is 128 Å². The van der Waals surface area contributed by atoms with E-state index < -0.39 is 53.6 Å². The molecule has 11 rings (SSSR count). The van der Waals surface area contributed by atoms with Crippen molar-refractivity contribution in [1.82, 2.24) is 45.1 Å². The number of morpholine rings is 1. The molecule has 0 radical (unpaired) electrons. The highest BCUT2D eigenvalue weighted by molar-refractivity contribution is 7.10. The number of rotatable bonds is 11. The number of fused-ring (bicyclic) bond motifs is 6. The van der Waals surface area contributed by atoms with E-state index in [9.17, 15) is 18.4 Å². The van der Waals surface area contributed by atoms with Crippen molar-refractivity contribution in [2.24, 2.45) is 5.41 Å². The Labute approximate surface area is 446 Å². The van der Waals surface area contributed by atoms with E-state index in [0.29, 0.717) is 93.7 Å². The molecule has 1 saturated carbocycles. The van der Waals surface area contributed by atoms with Crippen molar-refractivity contribution in [3.63, 3.8) is 0 Å². The molecule has 19 nitrogen and oxygen atoms in total. The molecule has 9 heterocycles. The van der Waals surface area contributed by atoms with E-state index in [1.807, 2.05) is 23.4 Å². The number of carbonyl (C=O) groups is 3. The minimum absolute atomic E-state index is 0.0629. The number of esters is 1. The maximum absolute atomic E-state index is 15.1. The van der Waals surface area contributed by atoms with E-state index in [4.69, 9.17) is 33.7 Å². The SMILES string of the molecule is CO[C@@H](C)c1ncc(N2CCN(C3CC3)CC2)cc1-c1c2c3cc(ccc3n1CCOC1CCOCC1)-c1csc(n1)[C@@H](N1CCOCC1)[C@H](NC(=O)N1OC(F)(F)[C@H]1C)C(=O)N1CCC[C@H](N1)C(=O)OCC(C)(C)C2. The maximum atomic E-state index is 15.1. The molecule has 6 bridgehead atoms. The Morgan fingerprint density at radius 2 is 1.74 bits per heavy atom. The molecule has 1 aromatic carbocycles. The molecule has 4 aromatic rings. The highest BCUT2D eigenvalue weighted by atomic mass is 32.1. The van der Waals surface area contributed by atoms with Crippen molar-refractivity contribution >= 4 is 45.8 Å². The molecular formula is C54H72F2N10O9S. The molecule has 6 aliphatic heterocycles. The average Bonchev–Trinajstić information content (AvgIpc) is 4.11. The number of hydrogen-bond acceptors (Lipinski definition) is 16. The van der Waals surface area contributed by atoms with E-state index in [1.165, 1.54) is 36.1 Å². The lowest BCUT2D eigenvalue weighted by Gasteiger charge is -2.45. The van der Waals surface area contributed by atoms with Crippen LogP contribution in [0.4, 0.5) is 19.3 Å². The number of hydrogen-bond donors (Lipinski definition) is 2. The largest absolute Gasteiger partial charge is 0.464 e. The molecule has 76 heavy (non-hydrogen) atoms. The summed E-state index contributed by atoms with van der Waals surface area (Å²) in [6.07, 6.45) is 3.74. The van der Waals surface area contributed by atoms with Gasteiger partial charge in [0.1, 0.15) is 17.1 Å². The number of anilines is 1. The number of piperazine rings is 1. The number of amides is 3. The number of nitrogens with one attached hydrogen (secondary N) is 2. The van der Waals surface area contributed by atoms with Crippen LogP contribution in [0, 0.1) is 5.41 Å². The van der Waals surface area contributed by atoms with Crippen molar-refractivity contribution in [2.75, 3.05) is 97.5 Å². The molecule has 1 aliphatic carbocycles. The van der Waals surface area contributed by atoms with E-state index in [1.54, 1.807) is 7.11 Å². The zero-order valence-electron chi connectivity index (χ0n) is 44.3. The number of alkyl halides is 2. The second kappa shape index (κ2) is 22.1. The number of benzene rings is 1. The van der Waals surface area contributed by atoms with Gasteiger partial charge in [-0.1, -0.05) is 19.9 Å². The van der Waals surface area contributed by atoms with Gasteiger partial charge in [-0.25, -0.2) is 15.2 Å². The average molecular weight is 1080 g/mol. The third kappa shape index (κ3) is 10.9. The minimum Gasteiger partial charge on any atom is -0.464 e. The van der Waals surface area contributed by atoms with Crippen LogP contribution in [0.1, 0.15) is 94.6 Å². The van der Waals surface area contributed by atoms with Crippen molar-refractivity contribution in [3.05, 3.63) is 52.1 Å². The molecule has 22 heteroatoms. The number of nitrogens with zero attached hydrogens (tertiary/aromatic N) is 8. The molecule has 3 aromatic heterocycles. The van der Waals surface area contributed by atoms with E-state index >= 15 is 4.79 Å². The van der Waals surface area contributed by atoms with Crippen molar-refractivity contribution in [1.29, 1.82) is 0 Å². The van der Waals surface area contributed by atoms with Gasteiger partial charge >= 0.3 is 18.1 Å². The summed E-state index contributed by atoms with van der Waals surface area (Å²) >= 11 is 1.35. The molecule has 3 amide bonds. The fraction of sp³-hybridized carbons (Fsp3) is 0.648. The summed E-state index contributed by atoms with van der Waals surface area (Å²) in [5.74, 6) is -1.08. The summed E-state index contributed by atoms with van der Waals surface area (Å²) in [5, 5.41) is 8.17. The molecule has 7 aliphatic rings. The molecule has 0 unspecified atom stereocenters. The molecule has 6 fully saturated rings. The zero-order chi connectivity index (χ0) is 52.9. The van der Waals surface area contributed by atoms with Gasteiger partial charge < -0.3 is 38.5 Å². The first-order valence-corrected chi connectivity index (χ1v) is 28.1. The number of hydrazine groups is 1. The molecule has 2 N–H and O–H groups in total. The Morgan fingerprint density at radius 3 is 2.46 bits per heavy atom. The number of cyclic esters (lactones) is 1. The highest BCUT2D eigenvalue weighted by Crippen LogP contribution is 2.44. The molecule has 0 spiro atoms. The lowest BCUT2D eigenvalue weighted by molar-refractivity contribution is -0.460. The lowest BCUT2D eigenvalue weighted by Crippen LogP contribution is -2.68. The van der Waals surface area contributed by atoms with Gasteiger partial charge in [0.15, 0.2) is 6.04 Å². The summed E-state index contributed by atoms with van der Waals surface area (Å²) in [6, 6.07) is 3.68. The normalized spacial score (nSPS) is 26.5. The first-order valence-electron chi connectivity index (χ1n) is 27.2. The number of thiazole rings is 1. The molecule has 5 saturated heterocycles. The van der Waals surface area contributed by atoms with Crippen LogP contribution in [0.15, 0.2) is 35.8 Å². The molecule has 5 atom stereocenters. The summed E-state index contributed by atoms with van der Waals surface area (Å²) in [6.45, 7) is 15.3. The Kier molecular flexibility index (Phi) is 15.4. The number of methoxy groups -OCH3 is 1. The van der Waals surface area contributed by atoms with Gasteiger partial charge in [-0.15, -0.1) is 11.3 Å².